The van der Waals surface area contributed by atoms with E-state index in [4.69, 9.17) is 5.11 Å². The van der Waals surface area contributed by atoms with Gasteiger partial charge >= 0.3 is 132 Å². The van der Waals surface area contributed by atoms with Crippen LogP contribution < -0.4 is 148 Å². The fourth-order valence-corrected chi connectivity index (χ4v) is 0.684. The molecule has 0 rings (SSSR count). The Morgan fingerprint density at radius 2 is 1.19 bits per heavy atom. The quantitative estimate of drug-likeness (QED) is 0.495. The van der Waals surface area contributed by atoms with E-state index in [1.165, 1.54) is 0 Å². The Kier molecular flexibility index (Phi) is 21.4. The van der Waals surface area contributed by atoms with Crippen molar-refractivity contribution in [1.29, 1.82) is 0 Å². The molecule has 7 nitrogen and oxygen atoms in total. The average molecular weight is 290 g/mol. The van der Waals surface area contributed by atoms with Crippen LogP contribution in [0.15, 0.2) is 0 Å². The minimum absolute atomic E-state index is 0. The molecule has 0 aromatic carbocycles. The summed E-state index contributed by atoms with van der Waals surface area (Å²) < 4.78 is 0. The van der Waals surface area contributed by atoms with Gasteiger partial charge in [-0.25, -0.2) is 0 Å². The molecule has 0 bridgehead atoms. The maximum atomic E-state index is 10.1. The van der Waals surface area contributed by atoms with Gasteiger partial charge in [0.1, 0.15) is 5.60 Å². The van der Waals surface area contributed by atoms with E-state index in [-0.39, 0.29) is 132 Å². The Bertz CT molecular complexity index is 241. The second-order valence-corrected chi connectivity index (χ2v) is 2.42. The van der Waals surface area contributed by atoms with Crippen LogP contribution in [0.1, 0.15) is 12.8 Å². The number of hydrogen-bond donors (Lipinski definition) is 1. The number of carboxylic acids is 3. The molecule has 0 fully saturated rings. The van der Waals surface area contributed by atoms with Crippen molar-refractivity contribution in [2.24, 2.45) is 0 Å². The number of aliphatic hydroxyl groups is 1. The first kappa shape index (κ1) is 27.1. The predicted octanol–water partition coefficient (Wildman–Crippen LogP) is -14.2. The third-order valence-electron chi connectivity index (χ3n) is 1.25. The zero-order valence-electron chi connectivity index (χ0n) is 9.31. The van der Waals surface area contributed by atoms with Crippen LogP contribution in [0, 0.1) is 0 Å². The van der Waals surface area contributed by atoms with Crippen LogP contribution >= 0.6 is 0 Å². The Labute approximate surface area is 198 Å². The molecule has 10 heteroatoms. The number of carboxylic acid groups (broad SMARTS) is 3. The van der Waals surface area contributed by atoms with Crippen molar-refractivity contribution in [3.8, 4) is 0 Å². The number of carbonyl (C=O) groups excluding carboxylic acids is 3. The first-order chi connectivity index (χ1) is 5.78. The van der Waals surface area contributed by atoms with E-state index < -0.39 is 36.4 Å². The molecular formula is C6H5K2NaO7. The largest absolute Gasteiger partial charge is 1.00 e. The van der Waals surface area contributed by atoms with Crippen molar-refractivity contribution in [1.82, 2.24) is 0 Å². The van der Waals surface area contributed by atoms with Crippen LogP contribution in [-0.4, -0.2) is 28.6 Å². The van der Waals surface area contributed by atoms with Crippen molar-refractivity contribution in [3.63, 3.8) is 0 Å². The summed E-state index contributed by atoms with van der Waals surface area (Å²) in [7, 11) is 0. The minimum Gasteiger partial charge on any atom is -0.550 e. The molecule has 0 saturated carbocycles. The molecule has 0 aliphatic rings. The summed E-state index contributed by atoms with van der Waals surface area (Å²) in [5, 5.41) is 38.9. The summed E-state index contributed by atoms with van der Waals surface area (Å²) >= 11 is 0. The van der Waals surface area contributed by atoms with E-state index in [2.05, 4.69) is 0 Å². The number of hydrogen-bond acceptors (Lipinski definition) is 7. The monoisotopic (exact) mass is 290 g/mol. The zero-order valence-corrected chi connectivity index (χ0v) is 17.6. The number of carbonyl (C=O) groups is 3. The first-order valence-corrected chi connectivity index (χ1v) is 3.11. The van der Waals surface area contributed by atoms with Crippen LogP contribution in [0.2, 0.25) is 0 Å². The smallest absolute Gasteiger partial charge is 0.550 e. The normalized spacial score (nSPS) is 8.81. The maximum absolute atomic E-state index is 10.1. The molecule has 0 radical (unpaired) electrons. The Balaban J connectivity index is -0.000000240. The molecule has 0 heterocycles. The van der Waals surface area contributed by atoms with Gasteiger partial charge in [-0.05, 0) is 0 Å². The van der Waals surface area contributed by atoms with Crippen LogP contribution in [0.4, 0.5) is 0 Å². The van der Waals surface area contributed by atoms with E-state index in [9.17, 15) is 29.7 Å². The van der Waals surface area contributed by atoms with Gasteiger partial charge in [0.25, 0.3) is 0 Å². The van der Waals surface area contributed by atoms with Gasteiger partial charge in [-0.3, -0.25) is 0 Å². The van der Waals surface area contributed by atoms with Gasteiger partial charge in [-0.1, -0.05) is 0 Å². The molecule has 0 aromatic heterocycles. The van der Waals surface area contributed by atoms with E-state index in [1.54, 1.807) is 0 Å². The molecule has 0 aliphatic heterocycles. The van der Waals surface area contributed by atoms with Crippen molar-refractivity contribution in [2.75, 3.05) is 0 Å². The average Bonchev–Trinajstić information content (AvgIpc) is 1.82. The van der Waals surface area contributed by atoms with Crippen LogP contribution in [0.5, 0.6) is 0 Å². The maximum Gasteiger partial charge on any atom is 1.00 e. The standard InChI is InChI=1S/C6H8O7.2K.Na/c7-3(8)1-6(13,5(11)12)2-4(9)10;;;/h13H,1-2H2,(H,7,8)(H,9,10)(H,11,12);;;/q;3*+1/p-3. The number of aliphatic carboxylic acids is 3. The van der Waals surface area contributed by atoms with Gasteiger partial charge in [0, 0.05) is 24.8 Å². The van der Waals surface area contributed by atoms with E-state index in [0.29, 0.717) is 0 Å². The topological polar surface area (TPSA) is 141 Å². The molecule has 0 aliphatic carbocycles. The van der Waals surface area contributed by atoms with Gasteiger partial charge in [0.05, 0.1) is 5.97 Å². The fourth-order valence-electron chi connectivity index (χ4n) is 0.684. The Hall–Kier alpha value is 2.64. The molecule has 0 aromatic rings. The predicted molar refractivity (Wildman–Crippen MR) is 29.2 cm³/mol. The third-order valence-corrected chi connectivity index (χ3v) is 1.25. The van der Waals surface area contributed by atoms with Gasteiger partial charge < -0.3 is 34.8 Å². The van der Waals surface area contributed by atoms with E-state index in [0.717, 1.165) is 0 Å². The SMILES string of the molecule is O=C([O-])CC(O)(CC(=O)[O-])C(=O)[O-].[K+].[K+].[Na+]. The molecular weight excluding hydrogens is 285 g/mol. The Morgan fingerprint density at radius 1 is 0.938 bits per heavy atom. The molecule has 0 amide bonds. The van der Waals surface area contributed by atoms with E-state index in [1.807, 2.05) is 0 Å². The molecule has 16 heavy (non-hydrogen) atoms. The summed E-state index contributed by atoms with van der Waals surface area (Å²) in [5.41, 5.74) is -2.97. The molecule has 74 valence electrons. The van der Waals surface area contributed by atoms with E-state index >= 15 is 0 Å². The molecule has 0 atom stereocenters. The van der Waals surface area contributed by atoms with Gasteiger partial charge in [0.15, 0.2) is 0 Å². The van der Waals surface area contributed by atoms with Crippen LogP contribution in [0.3, 0.4) is 0 Å². The molecule has 0 unspecified atom stereocenters. The number of rotatable bonds is 5. The summed E-state index contributed by atoms with van der Waals surface area (Å²) in [5.74, 6) is -5.98. The Morgan fingerprint density at radius 3 is 1.31 bits per heavy atom. The minimum atomic E-state index is -2.97. The van der Waals surface area contributed by atoms with Gasteiger partial charge in [-0.15, -0.1) is 0 Å². The van der Waals surface area contributed by atoms with Gasteiger partial charge in [0.2, 0.25) is 0 Å². The summed E-state index contributed by atoms with van der Waals surface area (Å²) in [6.07, 6.45) is -2.72. The summed E-state index contributed by atoms with van der Waals surface area (Å²) in [6, 6.07) is 0. The van der Waals surface area contributed by atoms with Crippen molar-refractivity contribution < 1.29 is 167 Å². The molecule has 0 saturated heterocycles. The fraction of sp³-hybridized carbons (Fsp3) is 0.500. The summed E-state index contributed by atoms with van der Waals surface area (Å²) in [4.78, 5) is 30.0. The summed E-state index contributed by atoms with van der Waals surface area (Å²) in [6.45, 7) is 0. The second kappa shape index (κ2) is 12.7. The van der Waals surface area contributed by atoms with Crippen LogP contribution in [-0.2, 0) is 14.4 Å². The van der Waals surface area contributed by atoms with Crippen molar-refractivity contribution in [2.45, 2.75) is 18.4 Å². The first-order valence-electron chi connectivity index (χ1n) is 3.11. The molecule has 0 spiro atoms. The van der Waals surface area contributed by atoms with Crippen molar-refractivity contribution >= 4 is 17.9 Å². The van der Waals surface area contributed by atoms with Crippen molar-refractivity contribution in [3.05, 3.63) is 0 Å². The third kappa shape index (κ3) is 11.7. The zero-order chi connectivity index (χ0) is 10.6. The second-order valence-electron chi connectivity index (χ2n) is 2.42. The molecule has 1 N–H and O–H groups in total. The van der Waals surface area contributed by atoms with Crippen LogP contribution in [0.25, 0.3) is 0 Å². The van der Waals surface area contributed by atoms with Gasteiger partial charge in [-0.2, -0.15) is 0 Å².